The molecule has 1 fully saturated rings. The minimum atomic E-state index is -4.51. The van der Waals surface area contributed by atoms with Crippen LogP contribution in [0.1, 0.15) is 125 Å². The lowest BCUT2D eigenvalue weighted by Gasteiger charge is -2.28. The van der Waals surface area contributed by atoms with Gasteiger partial charge in [0.15, 0.2) is 5.71 Å². The number of rotatable bonds is 15. The molecule has 3 heterocycles. The lowest BCUT2D eigenvalue weighted by atomic mass is 9.79. The van der Waals surface area contributed by atoms with E-state index in [1.807, 2.05) is 37.0 Å². The van der Waals surface area contributed by atoms with E-state index in [-0.39, 0.29) is 35.1 Å². The Morgan fingerprint density at radius 3 is 2.18 bits per heavy atom. The van der Waals surface area contributed by atoms with E-state index in [2.05, 4.69) is 68.7 Å². The van der Waals surface area contributed by atoms with Crippen LogP contribution in [0.25, 0.3) is 5.57 Å². The van der Waals surface area contributed by atoms with Gasteiger partial charge < -0.3 is 9.74 Å². The molecule has 0 radical (unpaired) electrons. The molecule has 13 nitrogen and oxygen atoms in total. The smallest absolute Gasteiger partial charge is 0.344 e. The van der Waals surface area contributed by atoms with E-state index in [1.165, 1.54) is 34.7 Å². The monoisotopic (exact) mass is 924 g/mol. The number of hydrogen-bond acceptors (Lipinski definition) is 9. The number of nitrogens with zero attached hydrogens (tertiary/aromatic N) is 3. The van der Waals surface area contributed by atoms with Gasteiger partial charge in [0.2, 0.25) is 5.69 Å². The first-order valence-corrected chi connectivity index (χ1v) is 25.3. The second kappa shape index (κ2) is 18.4. The van der Waals surface area contributed by atoms with Gasteiger partial charge in [-0.2, -0.15) is 21.4 Å². The quantitative estimate of drug-likeness (QED) is 0.0643. The van der Waals surface area contributed by atoms with Crippen LogP contribution in [0, 0.1) is 6.92 Å². The van der Waals surface area contributed by atoms with E-state index in [1.54, 1.807) is 18.2 Å². The highest BCUT2D eigenvalue weighted by molar-refractivity contribution is 7.86. The second-order valence-corrected chi connectivity index (χ2v) is 21.3. The number of fused-ring (bicyclic) bond motifs is 2. The van der Waals surface area contributed by atoms with Crippen molar-refractivity contribution in [2.45, 2.75) is 115 Å². The number of hydrogen-bond donors (Lipinski definition) is 2. The van der Waals surface area contributed by atoms with E-state index in [0.29, 0.717) is 30.0 Å². The zero-order chi connectivity index (χ0) is 47.1. The predicted octanol–water partition coefficient (Wildman–Crippen LogP) is 9.11. The van der Waals surface area contributed by atoms with Crippen molar-refractivity contribution in [1.82, 2.24) is 5.06 Å². The fourth-order valence-corrected chi connectivity index (χ4v) is 10.6. The van der Waals surface area contributed by atoms with E-state index >= 15 is 0 Å². The molecule has 3 aromatic carbocycles. The summed E-state index contributed by atoms with van der Waals surface area (Å²) in [6.45, 7) is 14.0. The van der Waals surface area contributed by atoms with E-state index in [0.717, 1.165) is 65.9 Å². The second-order valence-electron chi connectivity index (χ2n) is 18.3. The summed E-state index contributed by atoms with van der Waals surface area (Å²) in [7, 11) is -8.67. The largest absolute Gasteiger partial charge is 0.363 e. The summed E-state index contributed by atoms with van der Waals surface area (Å²) < 4.78 is 69.5. The van der Waals surface area contributed by atoms with Crippen molar-refractivity contribution in [3.8, 4) is 0 Å². The van der Waals surface area contributed by atoms with Crippen LogP contribution in [0.2, 0.25) is 0 Å². The molecule has 3 aliphatic heterocycles. The van der Waals surface area contributed by atoms with Gasteiger partial charge in [0.25, 0.3) is 32.1 Å². The van der Waals surface area contributed by atoms with Crippen LogP contribution < -0.4 is 4.90 Å². The Morgan fingerprint density at radius 2 is 1.52 bits per heavy atom. The number of anilines is 1. The van der Waals surface area contributed by atoms with Gasteiger partial charge in [0.05, 0.1) is 21.6 Å². The predicted molar refractivity (Wildman–Crippen MR) is 250 cm³/mol. The summed E-state index contributed by atoms with van der Waals surface area (Å²) in [6.07, 6.45) is 13.5. The van der Waals surface area contributed by atoms with Crippen LogP contribution in [0.3, 0.4) is 0 Å². The standard InChI is InChI=1S/C50H57N3O10S2/c1-7-8-28-51-41-22-14-33(2)31-39(41)49(3,4)43(51)24-19-34-12-11-13-35(47(34)36-15-17-37(18-16-36)48(56)63-53-45(54)26-27-46(53)55)20-25-44-50(5,6)40-32-38(65(60,61)62)21-23-42(40)52(44)29-9-10-30-64(57,58)59/h14-25,31-32H,7-13,26-30H2,1-6H3,(H-,57,58,59,60,61,62)/p+1. The van der Waals surface area contributed by atoms with Gasteiger partial charge >= 0.3 is 5.97 Å². The van der Waals surface area contributed by atoms with Gasteiger partial charge in [0.1, 0.15) is 6.54 Å². The average Bonchev–Trinajstić information content (AvgIpc) is 3.76. The minimum Gasteiger partial charge on any atom is -0.344 e. The summed E-state index contributed by atoms with van der Waals surface area (Å²) in [5.41, 5.74) is 10.2. The SMILES string of the molecule is CCCC[N+]1=C(/C=C/C2=C(c3ccc(C(=O)ON4C(=O)CCC4=O)cc3)C(=C/C=C3/N(CCCCS(=O)(=O)O)c4ccc(S(=O)(=O)O)cc4C3(C)C)/CCC2)C(C)(C)c2cc(C)ccc21. The maximum absolute atomic E-state index is 13.2. The van der Waals surface area contributed by atoms with Crippen LogP contribution in [-0.4, -0.2) is 77.9 Å². The highest BCUT2D eigenvalue weighted by Gasteiger charge is 2.44. The van der Waals surface area contributed by atoms with E-state index < -0.39 is 49.2 Å². The minimum absolute atomic E-state index is 0.0140. The van der Waals surface area contributed by atoms with Gasteiger partial charge in [-0.25, -0.2) is 4.79 Å². The number of unbranched alkanes of at least 4 members (excludes halogenated alkanes) is 2. The van der Waals surface area contributed by atoms with Gasteiger partial charge in [-0.15, -0.1) is 5.06 Å². The average molecular weight is 925 g/mol. The summed E-state index contributed by atoms with van der Waals surface area (Å²) in [5, 5.41) is 0.535. The number of carbonyl (C=O) groups excluding carboxylic acids is 3. The fraction of sp³-hybridized carbons (Fsp3) is 0.400. The van der Waals surface area contributed by atoms with Crippen LogP contribution in [-0.2, 0) is 45.5 Å². The molecule has 4 aliphatic rings. The molecule has 0 spiro atoms. The van der Waals surface area contributed by atoms with Gasteiger partial charge in [0, 0.05) is 60.3 Å². The molecular weight excluding hydrogens is 867 g/mol. The number of imide groups is 1. The van der Waals surface area contributed by atoms with Crippen molar-refractivity contribution in [1.29, 1.82) is 0 Å². The molecule has 2 amide bonds. The van der Waals surface area contributed by atoms with Gasteiger partial charge in [-0.1, -0.05) is 63.1 Å². The topological polar surface area (TPSA) is 179 Å². The van der Waals surface area contributed by atoms with Gasteiger partial charge in [-0.3, -0.25) is 18.7 Å². The number of amides is 2. The Labute approximate surface area is 382 Å². The number of benzene rings is 3. The molecule has 65 heavy (non-hydrogen) atoms. The Bertz CT molecular complexity index is 2820. The Morgan fingerprint density at radius 1 is 0.815 bits per heavy atom. The Hall–Kier alpha value is -5.48. The summed E-state index contributed by atoms with van der Waals surface area (Å²) in [5.74, 6) is -2.34. The first-order valence-electron chi connectivity index (χ1n) is 22.2. The van der Waals surface area contributed by atoms with Crippen molar-refractivity contribution in [2.24, 2.45) is 0 Å². The maximum Gasteiger partial charge on any atom is 0.363 e. The van der Waals surface area contributed by atoms with Crippen molar-refractivity contribution >= 4 is 60.7 Å². The fourth-order valence-electron chi connectivity index (χ4n) is 9.51. The molecule has 0 atom stereocenters. The Kier molecular flexibility index (Phi) is 13.5. The first-order chi connectivity index (χ1) is 30.6. The third kappa shape index (κ3) is 9.89. The number of carbonyl (C=O) groups is 3. The molecule has 3 aromatic rings. The maximum atomic E-state index is 13.2. The van der Waals surface area contributed by atoms with Crippen molar-refractivity contribution in [2.75, 3.05) is 23.7 Å². The number of allylic oxidation sites excluding steroid dienone is 8. The zero-order valence-corrected chi connectivity index (χ0v) is 39.5. The Balaban J connectivity index is 1.34. The first kappa shape index (κ1) is 47.5. The van der Waals surface area contributed by atoms with Crippen LogP contribution >= 0.6 is 0 Å². The van der Waals surface area contributed by atoms with Crippen LogP contribution in [0.15, 0.2) is 107 Å². The van der Waals surface area contributed by atoms with Crippen molar-refractivity contribution in [3.05, 3.63) is 130 Å². The van der Waals surface area contributed by atoms with Crippen LogP contribution in [0.4, 0.5) is 11.4 Å². The van der Waals surface area contributed by atoms with Gasteiger partial charge in [-0.05, 0) is 123 Å². The van der Waals surface area contributed by atoms with Crippen molar-refractivity contribution in [3.63, 3.8) is 0 Å². The molecule has 15 heteroatoms. The highest BCUT2D eigenvalue weighted by Crippen LogP contribution is 2.49. The number of hydroxylamine groups is 2. The lowest BCUT2D eigenvalue weighted by Crippen LogP contribution is -2.32. The lowest BCUT2D eigenvalue weighted by molar-refractivity contribution is -0.438. The third-order valence-electron chi connectivity index (χ3n) is 13.0. The molecule has 0 aromatic heterocycles. The molecule has 0 bridgehead atoms. The highest BCUT2D eigenvalue weighted by atomic mass is 32.2. The molecule has 1 aliphatic carbocycles. The number of aryl methyl sites for hydroxylation is 1. The molecule has 1 saturated heterocycles. The van der Waals surface area contributed by atoms with Crippen molar-refractivity contribution < 1.29 is 49.7 Å². The molecule has 7 rings (SSSR count). The molecule has 0 saturated carbocycles. The zero-order valence-electron chi connectivity index (χ0n) is 37.9. The molecule has 344 valence electrons. The molecule has 0 unspecified atom stereocenters. The van der Waals surface area contributed by atoms with E-state index in [9.17, 15) is 40.3 Å². The summed E-state index contributed by atoms with van der Waals surface area (Å²) >= 11 is 0. The summed E-state index contributed by atoms with van der Waals surface area (Å²) in [6, 6.07) is 18.1. The van der Waals surface area contributed by atoms with E-state index in [4.69, 9.17) is 4.84 Å². The third-order valence-corrected chi connectivity index (χ3v) is 14.6. The summed E-state index contributed by atoms with van der Waals surface area (Å²) in [4.78, 5) is 44.6. The molecular formula is C50H58N3O10S2+. The van der Waals surface area contributed by atoms with Crippen LogP contribution in [0.5, 0.6) is 0 Å². The normalized spacial score (nSPS) is 19.6. The molecule has 2 N–H and O–H groups in total.